The van der Waals surface area contributed by atoms with Gasteiger partial charge < -0.3 is 19.7 Å². The van der Waals surface area contributed by atoms with Gasteiger partial charge in [0, 0.05) is 13.1 Å². The fourth-order valence-corrected chi connectivity index (χ4v) is 4.21. The first-order chi connectivity index (χ1) is 16.3. The number of hydrogen-bond acceptors (Lipinski definition) is 8. The molecule has 1 aliphatic rings. The Morgan fingerprint density at radius 3 is 2.26 bits per heavy atom. The summed E-state index contributed by atoms with van der Waals surface area (Å²) in [5, 5.41) is 11.3. The Morgan fingerprint density at radius 1 is 1.06 bits per heavy atom. The zero-order valence-electron chi connectivity index (χ0n) is 22.1. The smallest absolute Gasteiger partial charge is 0.408 e. The zero-order valence-corrected chi connectivity index (χ0v) is 22.9. The maximum atomic E-state index is 13.4. The Balaban J connectivity index is 2.27. The van der Waals surface area contributed by atoms with Crippen molar-refractivity contribution in [2.75, 3.05) is 25.1 Å². The Kier molecular flexibility index (Phi) is 10.4. The van der Waals surface area contributed by atoms with Crippen molar-refractivity contribution >= 4 is 29.7 Å². The van der Waals surface area contributed by atoms with Crippen LogP contribution in [0.3, 0.4) is 0 Å². The summed E-state index contributed by atoms with van der Waals surface area (Å²) >= 11 is 1.65. The molecule has 2 amide bonds. The number of piperidine rings is 1. The van der Waals surface area contributed by atoms with Gasteiger partial charge in [-0.05, 0) is 79.2 Å². The largest absolute Gasteiger partial charge is 0.460 e. The molecule has 1 aromatic rings. The van der Waals surface area contributed by atoms with E-state index in [1.54, 1.807) is 64.4 Å². The van der Waals surface area contributed by atoms with Crippen molar-refractivity contribution in [3.8, 4) is 0 Å². The van der Waals surface area contributed by atoms with Gasteiger partial charge in [0.15, 0.2) is 0 Å². The van der Waals surface area contributed by atoms with E-state index < -0.39 is 35.3 Å². The standard InChI is InChI=1S/C24H41N5O5S/c1-23(2,3)33-20(30)15-19(21(31)28-12-9-8-10-13-28)29-16-18(26-27-29)17(11-14-35-7)25-22(32)34-24(4,5)6/h16-17,19H,8-15H2,1-7H3,(H,25,32)/t17-,19-/m0/s1. The lowest BCUT2D eigenvalue weighted by Gasteiger charge is -2.30. The highest BCUT2D eigenvalue weighted by molar-refractivity contribution is 7.98. The zero-order chi connectivity index (χ0) is 26.2. The number of aromatic nitrogens is 3. The number of likely N-dealkylation sites (tertiary alicyclic amines) is 1. The van der Waals surface area contributed by atoms with E-state index in [2.05, 4.69) is 15.6 Å². The lowest BCUT2D eigenvalue weighted by Crippen LogP contribution is -2.42. The fraction of sp³-hybridized carbons (Fsp3) is 0.792. The Labute approximate surface area is 212 Å². The van der Waals surface area contributed by atoms with Gasteiger partial charge in [-0.2, -0.15) is 11.8 Å². The second-order valence-electron chi connectivity index (χ2n) is 10.8. The van der Waals surface area contributed by atoms with Crippen molar-refractivity contribution in [2.24, 2.45) is 0 Å². The van der Waals surface area contributed by atoms with Gasteiger partial charge in [0.25, 0.3) is 0 Å². The summed E-state index contributed by atoms with van der Waals surface area (Å²) in [5.41, 5.74) is -0.792. The van der Waals surface area contributed by atoms with Crippen LogP contribution in [0.1, 0.15) is 91.4 Å². The van der Waals surface area contributed by atoms with E-state index in [1.165, 1.54) is 4.68 Å². The second kappa shape index (κ2) is 12.6. The summed E-state index contributed by atoms with van der Waals surface area (Å²) in [7, 11) is 0. The van der Waals surface area contributed by atoms with Crippen LogP contribution in [0.15, 0.2) is 6.20 Å². The molecule has 1 fully saturated rings. The normalized spacial score (nSPS) is 16.4. The molecule has 0 aromatic carbocycles. The van der Waals surface area contributed by atoms with Gasteiger partial charge in [-0.1, -0.05) is 5.21 Å². The molecule has 1 aromatic heterocycles. The van der Waals surface area contributed by atoms with Crippen molar-refractivity contribution in [1.82, 2.24) is 25.2 Å². The maximum Gasteiger partial charge on any atom is 0.408 e. The van der Waals surface area contributed by atoms with Crippen LogP contribution in [0.25, 0.3) is 0 Å². The van der Waals surface area contributed by atoms with Crippen LogP contribution >= 0.6 is 11.8 Å². The lowest BCUT2D eigenvalue weighted by molar-refractivity contribution is -0.158. The summed E-state index contributed by atoms with van der Waals surface area (Å²) in [4.78, 5) is 40.3. The number of thioether (sulfide) groups is 1. The molecule has 35 heavy (non-hydrogen) atoms. The Morgan fingerprint density at radius 2 is 1.69 bits per heavy atom. The Bertz CT molecular complexity index is 855. The summed E-state index contributed by atoms with van der Waals surface area (Å²) < 4.78 is 12.3. The fourth-order valence-electron chi connectivity index (χ4n) is 3.74. The molecule has 0 unspecified atom stereocenters. The highest BCUT2D eigenvalue weighted by Crippen LogP contribution is 2.24. The average molecular weight is 512 g/mol. The number of nitrogens with one attached hydrogen (secondary N) is 1. The first kappa shape index (κ1) is 28.9. The molecule has 2 atom stereocenters. The number of carbonyl (C=O) groups is 3. The number of alkyl carbamates (subject to hydrolysis) is 1. The monoisotopic (exact) mass is 511 g/mol. The summed E-state index contributed by atoms with van der Waals surface area (Å²) in [6.07, 6.45) is 6.48. The topological polar surface area (TPSA) is 116 Å². The SMILES string of the molecule is CSCC[C@H](NC(=O)OC(C)(C)C)c1cn([C@@H](CC(=O)OC(C)(C)C)C(=O)N2CCCCC2)nn1. The van der Waals surface area contributed by atoms with Gasteiger partial charge in [0.2, 0.25) is 5.91 Å². The molecular formula is C24H41N5O5S. The lowest BCUT2D eigenvalue weighted by atomic mass is 10.1. The maximum absolute atomic E-state index is 13.4. The first-order valence-corrected chi connectivity index (χ1v) is 13.6. The minimum absolute atomic E-state index is 0.148. The molecule has 1 aliphatic heterocycles. The molecule has 1 saturated heterocycles. The van der Waals surface area contributed by atoms with Gasteiger partial charge >= 0.3 is 12.1 Å². The second-order valence-corrected chi connectivity index (χ2v) is 11.8. The predicted octanol–water partition coefficient (Wildman–Crippen LogP) is 3.88. The molecule has 1 N–H and O–H groups in total. The predicted molar refractivity (Wildman–Crippen MR) is 135 cm³/mol. The van der Waals surface area contributed by atoms with Crippen molar-refractivity contribution in [1.29, 1.82) is 0 Å². The third-order valence-electron chi connectivity index (χ3n) is 5.24. The molecule has 10 nitrogen and oxygen atoms in total. The molecule has 0 bridgehead atoms. The number of hydrogen-bond donors (Lipinski definition) is 1. The molecular weight excluding hydrogens is 470 g/mol. The van der Waals surface area contributed by atoms with Gasteiger partial charge in [-0.25, -0.2) is 9.48 Å². The molecule has 11 heteroatoms. The third kappa shape index (κ3) is 10.1. The van der Waals surface area contributed by atoms with Gasteiger partial charge in [-0.3, -0.25) is 9.59 Å². The van der Waals surface area contributed by atoms with E-state index in [0.29, 0.717) is 25.2 Å². The van der Waals surface area contributed by atoms with E-state index >= 15 is 0 Å². The number of carbonyl (C=O) groups excluding carboxylic acids is 3. The molecule has 0 aliphatic carbocycles. The van der Waals surface area contributed by atoms with Crippen molar-refractivity contribution < 1.29 is 23.9 Å². The number of esters is 1. The van der Waals surface area contributed by atoms with Gasteiger partial charge in [0.1, 0.15) is 22.9 Å². The van der Waals surface area contributed by atoms with Crippen molar-refractivity contribution in [2.45, 2.75) is 96.9 Å². The van der Waals surface area contributed by atoms with E-state index in [-0.39, 0.29) is 12.3 Å². The van der Waals surface area contributed by atoms with Crippen LogP contribution in [0.2, 0.25) is 0 Å². The minimum Gasteiger partial charge on any atom is -0.460 e. The molecule has 0 spiro atoms. The van der Waals surface area contributed by atoms with Crippen LogP contribution in [0, 0.1) is 0 Å². The van der Waals surface area contributed by atoms with Gasteiger partial charge in [-0.15, -0.1) is 5.10 Å². The van der Waals surface area contributed by atoms with Crippen LogP contribution in [-0.4, -0.2) is 74.2 Å². The molecule has 0 radical (unpaired) electrons. The van der Waals surface area contributed by atoms with E-state index in [0.717, 1.165) is 25.0 Å². The highest BCUT2D eigenvalue weighted by Gasteiger charge is 2.33. The Hall–Kier alpha value is -2.30. The van der Waals surface area contributed by atoms with Crippen LogP contribution < -0.4 is 5.32 Å². The van der Waals surface area contributed by atoms with Crippen molar-refractivity contribution in [3.63, 3.8) is 0 Å². The number of amides is 2. The highest BCUT2D eigenvalue weighted by atomic mass is 32.2. The molecule has 198 valence electrons. The summed E-state index contributed by atoms with van der Waals surface area (Å²) in [6.45, 7) is 12.1. The average Bonchev–Trinajstić information content (AvgIpc) is 3.22. The molecule has 0 saturated carbocycles. The van der Waals surface area contributed by atoms with E-state index in [1.807, 2.05) is 6.26 Å². The van der Waals surface area contributed by atoms with Crippen LogP contribution in [0.4, 0.5) is 4.79 Å². The number of nitrogens with zero attached hydrogens (tertiary/aromatic N) is 4. The van der Waals surface area contributed by atoms with Crippen LogP contribution in [-0.2, 0) is 19.1 Å². The summed E-state index contributed by atoms with van der Waals surface area (Å²) in [5.74, 6) is 0.130. The summed E-state index contributed by atoms with van der Waals surface area (Å²) in [6, 6.07) is -1.31. The van der Waals surface area contributed by atoms with E-state index in [9.17, 15) is 14.4 Å². The van der Waals surface area contributed by atoms with Crippen LogP contribution in [0.5, 0.6) is 0 Å². The number of rotatable bonds is 9. The minimum atomic E-state index is -0.869. The van der Waals surface area contributed by atoms with Crippen molar-refractivity contribution in [3.05, 3.63) is 11.9 Å². The van der Waals surface area contributed by atoms with Gasteiger partial charge in [0.05, 0.1) is 18.7 Å². The third-order valence-corrected chi connectivity index (χ3v) is 5.88. The quantitative estimate of drug-likeness (QED) is 0.497. The molecule has 2 rings (SSSR count). The number of ether oxygens (including phenoxy) is 2. The van der Waals surface area contributed by atoms with E-state index in [4.69, 9.17) is 9.47 Å². The first-order valence-electron chi connectivity index (χ1n) is 12.2. The molecule has 2 heterocycles.